The standard InChI is InChI=1S/C17H21N3O4S/c1-12-6-3-4-7-14(12)11-25(22,23)20-9-5-8-15(20)17(21)18-16-10-13(2)24-19-16/h3-4,6-7,10,15H,5,8-9,11H2,1-2H3,(H,18,19,21)/t15-/m0/s1. The van der Waals surface area contributed by atoms with E-state index in [1.54, 1.807) is 19.1 Å². The zero-order valence-electron chi connectivity index (χ0n) is 14.2. The molecule has 0 saturated carbocycles. The average Bonchev–Trinajstić information content (AvgIpc) is 3.19. The normalized spacial score (nSPS) is 18.4. The highest BCUT2D eigenvalue weighted by Gasteiger charge is 2.38. The Morgan fingerprint density at radius 2 is 2.12 bits per heavy atom. The summed E-state index contributed by atoms with van der Waals surface area (Å²) in [4.78, 5) is 12.5. The molecule has 1 atom stereocenters. The van der Waals surface area contributed by atoms with E-state index in [0.29, 0.717) is 31.0 Å². The molecule has 0 radical (unpaired) electrons. The van der Waals surface area contributed by atoms with Gasteiger partial charge >= 0.3 is 0 Å². The second-order valence-electron chi connectivity index (χ2n) is 6.26. The van der Waals surface area contributed by atoms with E-state index < -0.39 is 16.1 Å². The SMILES string of the molecule is Cc1cc(NC(=O)[C@@H]2CCCN2S(=O)(=O)Cc2ccccc2C)no1. The van der Waals surface area contributed by atoms with Crippen LogP contribution < -0.4 is 5.32 Å². The van der Waals surface area contributed by atoms with E-state index in [2.05, 4.69) is 10.5 Å². The number of nitrogens with zero attached hydrogens (tertiary/aromatic N) is 2. The van der Waals surface area contributed by atoms with Crippen LogP contribution in [0.5, 0.6) is 0 Å². The van der Waals surface area contributed by atoms with Crippen molar-refractivity contribution in [1.82, 2.24) is 9.46 Å². The Labute approximate surface area is 147 Å². The lowest BCUT2D eigenvalue weighted by atomic mass is 10.1. The number of anilines is 1. The van der Waals surface area contributed by atoms with Crippen molar-refractivity contribution in [2.45, 2.75) is 38.5 Å². The Kier molecular flexibility index (Phi) is 4.91. The Morgan fingerprint density at radius 3 is 2.80 bits per heavy atom. The van der Waals surface area contributed by atoms with E-state index >= 15 is 0 Å². The number of nitrogens with one attached hydrogen (secondary N) is 1. The molecule has 0 spiro atoms. The number of amides is 1. The van der Waals surface area contributed by atoms with Crippen LogP contribution in [-0.2, 0) is 20.6 Å². The highest BCUT2D eigenvalue weighted by atomic mass is 32.2. The summed E-state index contributed by atoms with van der Waals surface area (Å²) in [5.74, 6) is 0.391. The van der Waals surface area contributed by atoms with Crippen LogP contribution in [0.1, 0.15) is 29.7 Å². The van der Waals surface area contributed by atoms with E-state index in [9.17, 15) is 13.2 Å². The zero-order chi connectivity index (χ0) is 18.0. The van der Waals surface area contributed by atoms with E-state index in [1.807, 2.05) is 25.1 Å². The van der Waals surface area contributed by atoms with Crippen molar-refractivity contribution in [3.05, 3.63) is 47.2 Å². The molecule has 3 rings (SSSR count). The molecule has 0 bridgehead atoms. The molecule has 1 aliphatic heterocycles. The van der Waals surface area contributed by atoms with Gasteiger partial charge in [-0.1, -0.05) is 29.4 Å². The molecule has 8 heteroatoms. The van der Waals surface area contributed by atoms with Crippen molar-refractivity contribution in [3.8, 4) is 0 Å². The van der Waals surface area contributed by atoms with Crippen LogP contribution in [0.4, 0.5) is 5.82 Å². The third-order valence-corrected chi connectivity index (χ3v) is 6.17. The second-order valence-corrected chi connectivity index (χ2v) is 8.19. The van der Waals surface area contributed by atoms with Gasteiger partial charge in [0.05, 0.1) is 5.75 Å². The molecule has 7 nitrogen and oxygen atoms in total. The number of carbonyl (C=O) groups is 1. The maximum atomic E-state index is 12.8. The summed E-state index contributed by atoms with van der Waals surface area (Å²) in [5.41, 5.74) is 1.67. The minimum Gasteiger partial charge on any atom is -0.360 e. The molecule has 1 saturated heterocycles. The van der Waals surface area contributed by atoms with Crippen LogP contribution in [0.2, 0.25) is 0 Å². The Hall–Kier alpha value is -2.19. The van der Waals surface area contributed by atoms with Crippen molar-refractivity contribution in [1.29, 1.82) is 0 Å². The van der Waals surface area contributed by atoms with Crippen LogP contribution in [-0.4, -0.2) is 36.4 Å². The van der Waals surface area contributed by atoms with Crippen molar-refractivity contribution < 1.29 is 17.7 Å². The lowest BCUT2D eigenvalue weighted by molar-refractivity contribution is -0.119. The summed E-state index contributed by atoms with van der Waals surface area (Å²) in [5, 5.41) is 6.35. The molecule has 1 amide bonds. The van der Waals surface area contributed by atoms with Gasteiger partial charge in [0.1, 0.15) is 11.8 Å². The molecule has 1 N–H and O–H groups in total. The highest BCUT2D eigenvalue weighted by Crippen LogP contribution is 2.25. The first-order valence-electron chi connectivity index (χ1n) is 8.15. The third kappa shape index (κ3) is 3.91. The smallest absolute Gasteiger partial charge is 0.244 e. The number of sulfonamides is 1. The summed E-state index contributed by atoms with van der Waals surface area (Å²) in [7, 11) is -3.59. The minimum atomic E-state index is -3.59. The van der Waals surface area contributed by atoms with Crippen molar-refractivity contribution in [2.75, 3.05) is 11.9 Å². The number of carbonyl (C=O) groups excluding carboxylic acids is 1. The molecule has 1 aliphatic rings. The molecular formula is C17H21N3O4S. The number of rotatable bonds is 5. The van der Waals surface area contributed by atoms with Crippen LogP contribution in [0, 0.1) is 13.8 Å². The number of aryl methyl sites for hydroxylation is 2. The molecule has 1 aromatic carbocycles. The van der Waals surface area contributed by atoms with Gasteiger partial charge in [-0.25, -0.2) is 8.42 Å². The largest absolute Gasteiger partial charge is 0.360 e. The quantitative estimate of drug-likeness (QED) is 0.879. The molecule has 25 heavy (non-hydrogen) atoms. The van der Waals surface area contributed by atoms with Gasteiger partial charge in [-0.15, -0.1) is 0 Å². The number of hydrogen-bond acceptors (Lipinski definition) is 5. The summed E-state index contributed by atoms with van der Waals surface area (Å²) in [6.45, 7) is 3.95. The van der Waals surface area contributed by atoms with Gasteiger partial charge in [-0.3, -0.25) is 4.79 Å². The summed E-state index contributed by atoms with van der Waals surface area (Å²) < 4.78 is 31.9. The number of hydrogen-bond donors (Lipinski definition) is 1. The first-order valence-corrected chi connectivity index (χ1v) is 9.76. The average molecular weight is 363 g/mol. The highest BCUT2D eigenvalue weighted by molar-refractivity contribution is 7.88. The summed E-state index contributed by atoms with van der Waals surface area (Å²) in [6.07, 6.45) is 1.15. The Bertz CT molecular complexity index is 876. The van der Waals surface area contributed by atoms with Crippen LogP contribution in [0.3, 0.4) is 0 Å². The number of aromatic nitrogens is 1. The van der Waals surface area contributed by atoms with E-state index in [1.165, 1.54) is 4.31 Å². The molecule has 134 valence electrons. The van der Waals surface area contributed by atoms with Crippen LogP contribution >= 0.6 is 0 Å². The van der Waals surface area contributed by atoms with Crippen molar-refractivity contribution in [2.24, 2.45) is 0 Å². The van der Waals surface area contributed by atoms with E-state index in [4.69, 9.17) is 4.52 Å². The van der Waals surface area contributed by atoms with Gasteiger partial charge in [0.15, 0.2) is 5.82 Å². The first-order chi connectivity index (χ1) is 11.9. The predicted molar refractivity (Wildman–Crippen MR) is 93.4 cm³/mol. The monoisotopic (exact) mass is 363 g/mol. The maximum absolute atomic E-state index is 12.8. The van der Waals surface area contributed by atoms with Crippen LogP contribution in [0.15, 0.2) is 34.9 Å². The van der Waals surface area contributed by atoms with Gasteiger partial charge in [0.2, 0.25) is 15.9 Å². The molecule has 0 aliphatic carbocycles. The lowest BCUT2D eigenvalue weighted by Crippen LogP contribution is -2.43. The Balaban J connectivity index is 1.75. The second kappa shape index (κ2) is 6.97. The molecule has 2 heterocycles. The minimum absolute atomic E-state index is 0.105. The predicted octanol–water partition coefficient (Wildman–Crippen LogP) is 2.22. The first kappa shape index (κ1) is 17.6. The van der Waals surface area contributed by atoms with Gasteiger partial charge in [-0.2, -0.15) is 4.31 Å². The molecule has 1 fully saturated rings. The zero-order valence-corrected chi connectivity index (χ0v) is 15.0. The molecular weight excluding hydrogens is 342 g/mol. The van der Waals surface area contributed by atoms with Crippen molar-refractivity contribution in [3.63, 3.8) is 0 Å². The molecule has 1 aromatic heterocycles. The number of benzene rings is 1. The summed E-state index contributed by atoms with van der Waals surface area (Å²) >= 11 is 0. The fourth-order valence-electron chi connectivity index (χ4n) is 3.02. The topological polar surface area (TPSA) is 92.5 Å². The molecule has 0 unspecified atom stereocenters. The van der Waals surface area contributed by atoms with E-state index in [-0.39, 0.29) is 11.7 Å². The fraction of sp³-hybridized carbons (Fsp3) is 0.412. The Morgan fingerprint density at radius 1 is 1.36 bits per heavy atom. The van der Waals surface area contributed by atoms with Gasteiger partial charge < -0.3 is 9.84 Å². The van der Waals surface area contributed by atoms with Gasteiger partial charge in [-0.05, 0) is 37.8 Å². The maximum Gasteiger partial charge on any atom is 0.244 e. The fourth-order valence-corrected chi connectivity index (χ4v) is 4.90. The molecule has 2 aromatic rings. The lowest BCUT2D eigenvalue weighted by Gasteiger charge is -2.23. The van der Waals surface area contributed by atoms with Gasteiger partial charge in [0, 0.05) is 12.6 Å². The van der Waals surface area contributed by atoms with Gasteiger partial charge in [0.25, 0.3) is 0 Å². The van der Waals surface area contributed by atoms with Crippen LogP contribution in [0.25, 0.3) is 0 Å². The third-order valence-electron chi connectivity index (χ3n) is 4.34. The van der Waals surface area contributed by atoms with E-state index in [0.717, 1.165) is 11.1 Å². The summed E-state index contributed by atoms with van der Waals surface area (Å²) in [6, 6.07) is 8.25. The van der Waals surface area contributed by atoms with Crippen molar-refractivity contribution >= 4 is 21.7 Å².